The lowest BCUT2D eigenvalue weighted by molar-refractivity contribution is -0.132. The SMILES string of the molecule is CC(C)(C)NC(=O)[C@@H]1CC2CCCCC2CN1C[C@@H](O)[C@H](CSc1ccccc1)NC(=O)OCc1ccccc1. The molecule has 2 aromatic carbocycles. The molecule has 5 atom stereocenters. The highest BCUT2D eigenvalue weighted by atomic mass is 32.2. The standard InChI is InChI=1S/C32H45N3O4S/c1-32(2,3)34-30(37)28-18-24-14-10-11-15-25(24)19-35(28)20-29(36)27(22-40-26-16-8-5-9-17-26)33-31(38)39-21-23-12-6-4-7-13-23/h4-9,12-13,16-17,24-25,27-29,36H,10-11,14-15,18-22H2,1-3H3,(H,33,38)(H,34,37)/t24?,25?,27-,28-,29+/m0/s1. The molecule has 2 aliphatic rings. The van der Waals surface area contributed by atoms with E-state index in [2.05, 4.69) is 15.5 Å². The predicted octanol–water partition coefficient (Wildman–Crippen LogP) is 5.23. The molecule has 2 amide bonds. The number of carbonyl (C=O) groups excluding carboxylic acids is 2. The Morgan fingerprint density at radius 3 is 2.35 bits per heavy atom. The first-order chi connectivity index (χ1) is 19.2. The van der Waals surface area contributed by atoms with E-state index in [1.54, 1.807) is 11.8 Å². The number of benzene rings is 2. The van der Waals surface area contributed by atoms with E-state index >= 15 is 0 Å². The first-order valence-corrected chi connectivity index (χ1v) is 15.6. The summed E-state index contributed by atoms with van der Waals surface area (Å²) in [7, 11) is 0. The van der Waals surface area contributed by atoms with Crippen LogP contribution >= 0.6 is 11.8 Å². The fraction of sp³-hybridized carbons (Fsp3) is 0.562. The predicted molar refractivity (Wildman–Crippen MR) is 160 cm³/mol. The van der Waals surface area contributed by atoms with Crippen molar-refractivity contribution in [3.8, 4) is 0 Å². The molecule has 0 radical (unpaired) electrons. The Kier molecular flexibility index (Phi) is 10.9. The van der Waals surface area contributed by atoms with Gasteiger partial charge in [-0.1, -0.05) is 67.8 Å². The molecule has 0 spiro atoms. The number of amides is 2. The quantitative estimate of drug-likeness (QED) is 0.341. The van der Waals surface area contributed by atoms with E-state index in [0.717, 1.165) is 23.4 Å². The number of hydrogen-bond acceptors (Lipinski definition) is 6. The number of nitrogens with one attached hydrogen (secondary N) is 2. The smallest absolute Gasteiger partial charge is 0.407 e. The number of β-amino-alcohol motifs (C(OH)–C–C–N with tert-alkyl or cyclic N) is 1. The number of nitrogens with zero attached hydrogens (tertiary/aromatic N) is 1. The maximum absolute atomic E-state index is 13.4. The van der Waals surface area contributed by atoms with E-state index in [1.165, 1.54) is 25.7 Å². The number of aliphatic hydroxyl groups excluding tert-OH is 1. The zero-order valence-corrected chi connectivity index (χ0v) is 24.9. The first kappa shape index (κ1) is 30.4. The molecule has 0 bridgehead atoms. The van der Waals surface area contributed by atoms with Gasteiger partial charge in [-0.15, -0.1) is 11.8 Å². The Hall–Kier alpha value is -2.55. The van der Waals surface area contributed by atoms with Crippen LogP contribution in [0, 0.1) is 11.8 Å². The summed E-state index contributed by atoms with van der Waals surface area (Å²) in [6.07, 6.45) is 4.18. The molecule has 3 N–H and O–H groups in total. The van der Waals surface area contributed by atoms with Crippen molar-refractivity contribution in [1.29, 1.82) is 0 Å². The molecule has 1 heterocycles. The van der Waals surface area contributed by atoms with Gasteiger partial charge in [0.05, 0.1) is 18.2 Å². The average Bonchev–Trinajstić information content (AvgIpc) is 2.94. The second-order valence-corrected chi connectivity index (χ2v) is 13.3. The third-order valence-corrected chi connectivity index (χ3v) is 9.01. The Labute approximate surface area is 243 Å². The molecule has 1 aliphatic carbocycles. The molecule has 1 aliphatic heterocycles. The van der Waals surface area contributed by atoms with Crippen LogP contribution in [0.25, 0.3) is 0 Å². The first-order valence-electron chi connectivity index (χ1n) is 14.6. The highest BCUT2D eigenvalue weighted by Crippen LogP contribution is 2.39. The van der Waals surface area contributed by atoms with E-state index in [9.17, 15) is 14.7 Å². The van der Waals surface area contributed by atoms with Crippen LogP contribution < -0.4 is 10.6 Å². The summed E-state index contributed by atoms with van der Waals surface area (Å²) in [5.41, 5.74) is 0.570. The van der Waals surface area contributed by atoms with Gasteiger partial charge in [-0.2, -0.15) is 0 Å². The summed E-state index contributed by atoms with van der Waals surface area (Å²) in [6.45, 7) is 7.26. The second-order valence-electron chi connectivity index (χ2n) is 12.3. The fourth-order valence-electron chi connectivity index (χ4n) is 5.86. The lowest BCUT2D eigenvalue weighted by Gasteiger charge is -2.47. The van der Waals surface area contributed by atoms with E-state index in [0.29, 0.717) is 24.1 Å². The topological polar surface area (TPSA) is 90.9 Å². The van der Waals surface area contributed by atoms with Crippen molar-refractivity contribution in [3.05, 3.63) is 66.2 Å². The molecule has 7 nitrogen and oxygen atoms in total. The van der Waals surface area contributed by atoms with Gasteiger partial charge in [-0.3, -0.25) is 9.69 Å². The molecule has 2 unspecified atom stereocenters. The number of alkyl carbamates (subject to hydrolysis) is 1. The van der Waals surface area contributed by atoms with Gasteiger partial charge >= 0.3 is 6.09 Å². The Bertz CT molecular complexity index is 1080. The number of aliphatic hydroxyl groups is 1. The Morgan fingerprint density at radius 2 is 1.68 bits per heavy atom. The summed E-state index contributed by atoms with van der Waals surface area (Å²) in [5.74, 6) is 1.59. The molecule has 40 heavy (non-hydrogen) atoms. The molecular formula is C32H45N3O4S. The maximum Gasteiger partial charge on any atom is 0.407 e. The zero-order chi connectivity index (χ0) is 28.5. The molecule has 0 aromatic heterocycles. The van der Waals surface area contributed by atoms with Gasteiger partial charge in [-0.05, 0) is 63.1 Å². The largest absolute Gasteiger partial charge is 0.445 e. The minimum Gasteiger partial charge on any atom is -0.445 e. The molecule has 218 valence electrons. The van der Waals surface area contributed by atoms with Crippen molar-refractivity contribution in [1.82, 2.24) is 15.5 Å². The van der Waals surface area contributed by atoms with Crippen molar-refractivity contribution in [2.75, 3.05) is 18.8 Å². The van der Waals surface area contributed by atoms with Crippen molar-refractivity contribution in [3.63, 3.8) is 0 Å². The van der Waals surface area contributed by atoms with Crippen LogP contribution in [0.15, 0.2) is 65.6 Å². The highest BCUT2D eigenvalue weighted by molar-refractivity contribution is 7.99. The molecule has 4 rings (SSSR count). The van der Waals surface area contributed by atoms with Gasteiger partial charge in [0.25, 0.3) is 0 Å². The highest BCUT2D eigenvalue weighted by Gasteiger charge is 2.41. The van der Waals surface area contributed by atoms with Crippen LogP contribution in [0.5, 0.6) is 0 Å². The summed E-state index contributed by atoms with van der Waals surface area (Å²) in [4.78, 5) is 29.5. The van der Waals surface area contributed by atoms with E-state index in [-0.39, 0.29) is 24.1 Å². The van der Waals surface area contributed by atoms with Gasteiger partial charge in [0.1, 0.15) is 6.61 Å². The second kappa shape index (κ2) is 14.4. The summed E-state index contributed by atoms with van der Waals surface area (Å²) in [6, 6.07) is 18.6. The third kappa shape index (κ3) is 9.25. The number of piperidine rings is 1. The van der Waals surface area contributed by atoms with Crippen molar-refractivity contribution in [2.24, 2.45) is 11.8 Å². The van der Waals surface area contributed by atoms with E-state index in [4.69, 9.17) is 4.74 Å². The molecule has 1 saturated heterocycles. The minimum absolute atomic E-state index is 0.0224. The minimum atomic E-state index is -0.870. The van der Waals surface area contributed by atoms with Crippen LogP contribution in [0.1, 0.15) is 58.4 Å². The Morgan fingerprint density at radius 1 is 1.02 bits per heavy atom. The molecule has 2 aromatic rings. The van der Waals surface area contributed by atoms with E-state index in [1.807, 2.05) is 81.4 Å². The molecule has 1 saturated carbocycles. The summed E-state index contributed by atoms with van der Waals surface area (Å²) >= 11 is 1.58. The van der Waals surface area contributed by atoms with E-state index < -0.39 is 18.2 Å². The van der Waals surface area contributed by atoms with Crippen LogP contribution in [-0.2, 0) is 16.1 Å². The normalized spacial score (nSPS) is 22.9. The zero-order valence-electron chi connectivity index (χ0n) is 24.1. The summed E-state index contributed by atoms with van der Waals surface area (Å²) in [5, 5.41) is 17.6. The van der Waals surface area contributed by atoms with Gasteiger partial charge in [0.2, 0.25) is 5.91 Å². The number of hydrogen-bond donors (Lipinski definition) is 3. The number of carbonyl (C=O) groups is 2. The number of fused-ring (bicyclic) bond motifs is 1. The molecular weight excluding hydrogens is 522 g/mol. The maximum atomic E-state index is 13.4. The number of rotatable bonds is 10. The number of likely N-dealkylation sites (tertiary alicyclic amines) is 1. The monoisotopic (exact) mass is 567 g/mol. The van der Waals surface area contributed by atoms with Gasteiger partial charge in [0, 0.05) is 29.3 Å². The van der Waals surface area contributed by atoms with Crippen LogP contribution in [0.4, 0.5) is 4.79 Å². The molecule has 8 heteroatoms. The third-order valence-electron chi connectivity index (χ3n) is 7.88. The van der Waals surface area contributed by atoms with Gasteiger partial charge in [0.15, 0.2) is 0 Å². The van der Waals surface area contributed by atoms with Crippen molar-refractivity contribution in [2.45, 2.75) is 88.1 Å². The summed E-state index contributed by atoms with van der Waals surface area (Å²) < 4.78 is 5.49. The van der Waals surface area contributed by atoms with Crippen molar-refractivity contribution < 1.29 is 19.4 Å². The Balaban J connectivity index is 1.45. The molecule has 2 fully saturated rings. The van der Waals surface area contributed by atoms with Crippen LogP contribution in [0.3, 0.4) is 0 Å². The van der Waals surface area contributed by atoms with Crippen LogP contribution in [0.2, 0.25) is 0 Å². The lowest BCUT2D eigenvalue weighted by atomic mass is 9.72. The van der Waals surface area contributed by atoms with Gasteiger partial charge in [-0.25, -0.2) is 4.79 Å². The van der Waals surface area contributed by atoms with Crippen LogP contribution in [-0.4, -0.2) is 64.6 Å². The fourth-order valence-corrected chi connectivity index (χ4v) is 6.89. The lowest BCUT2D eigenvalue weighted by Crippen LogP contribution is -2.60. The van der Waals surface area contributed by atoms with Gasteiger partial charge < -0.3 is 20.5 Å². The number of ether oxygens (including phenoxy) is 1. The van der Waals surface area contributed by atoms with Crippen molar-refractivity contribution >= 4 is 23.8 Å². The number of thioether (sulfide) groups is 1. The average molecular weight is 568 g/mol.